The van der Waals surface area contributed by atoms with Crippen LogP contribution in [0.1, 0.15) is 12.5 Å². The van der Waals surface area contributed by atoms with Gasteiger partial charge in [0.15, 0.2) is 11.3 Å². The van der Waals surface area contributed by atoms with Crippen LogP contribution < -0.4 is 15.1 Å². The van der Waals surface area contributed by atoms with Crippen LogP contribution in [0.3, 0.4) is 0 Å². The molecule has 0 bridgehead atoms. The van der Waals surface area contributed by atoms with E-state index < -0.39 is 29.2 Å². The number of hydrazone groups is 1. The Morgan fingerprint density at radius 1 is 1.23 bits per heavy atom. The van der Waals surface area contributed by atoms with Gasteiger partial charge in [-0.05, 0) is 36.8 Å². The zero-order chi connectivity index (χ0) is 21.5. The molecule has 0 spiro atoms. The molecule has 2 aliphatic heterocycles. The van der Waals surface area contributed by atoms with Gasteiger partial charge in [0.05, 0.1) is 19.4 Å². The summed E-state index contributed by atoms with van der Waals surface area (Å²) in [6.07, 6.45) is 0. The van der Waals surface area contributed by atoms with E-state index >= 15 is 0 Å². The van der Waals surface area contributed by atoms with Gasteiger partial charge in [0.25, 0.3) is 5.91 Å². The van der Waals surface area contributed by atoms with Gasteiger partial charge < -0.3 is 9.47 Å². The number of hydrogen-bond donors (Lipinski definition) is 1. The van der Waals surface area contributed by atoms with E-state index in [2.05, 4.69) is 10.5 Å². The van der Waals surface area contributed by atoms with E-state index in [1.807, 2.05) is 0 Å². The molecule has 154 valence electrons. The molecule has 1 fully saturated rings. The molecule has 1 saturated heterocycles. The number of anilines is 1. The minimum atomic E-state index is -1.58. The van der Waals surface area contributed by atoms with Gasteiger partial charge in [-0.15, -0.1) is 0 Å². The van der Waals surface area contributed by atoms with Gasteiger partial charge in [0.2, 0.25) is 5.91 Å². The summed E-state index contributed by atoms with van der Waals surface area (Å²) in [7, 11) is 1.49. The number of methoxy groups -OCH3 is 1. The van der Waals surface area contributed by atoms with Crippen LogP contribution in [0.2, 0.25) is 5.02 Å². The van der Waals surface area contributed by atoms with Gasteiger partial charge in [-0.3, -0.25) is 15.0 Å². The maximum atomic E-state index is 13.7. The first-order chi connectivity index (χ1) is 14.4. The maximum absolute atomic E-state index is 13.7. The molecule has 9 heteroatoms. The third-order valence-corrected chi connectivity index (χ3v) is 5.41. The second-order valence-corrected chi connectivity index (χ2v) is 7.19. The highest BCUT2D eigenvalue weighted by Crippen LogP contribution is 2.45. The maximum Gasteiger partial charge on any atom is 0.355 e. The Balaban J connectivity index is 1.86. The third-order valence-electron chi connectivity index (χ3n) is 5.16. The quantitative estimate of drug-likeness (QED) is 0.580. The van der Waals surface area contributed by atoms with E-state index in [0.29, 0.717) is 22.0 Å². The molecule has 0 aliphatic carbocycles. The number of hydrogen-bond acceptors (Lipinski definition) is 7. The van der Waals surface area contributed by atoms with E-state index in [4.69, 9.17) is 21.1 Å². The monoisotopic (exact) mass is 427 g/mol. The topological polar surface area (TPSA) is 97.3 Å². The van der Waals surface area contributed by atoms with E-state index in [1.54, 1.807) is 55.5 Å². The number of esters is 1. The average Bonchev–Trinajstić information content (AvgIpc) is 3.25. The lowest BCUT2D eigenvalue weighted by Crippen LogP contribution is -2.48. The van der Waals surface area contributed by atoms with Gasteiger partial charge in [0.1, 0.15) is 11.7 Å². The molecule has 30 heavy (non-hydrogen) atoms. The first kappa shape index (κ1) is 19.9. The van der Waals surface area contributed by atoms with Crippen LogP contribution in [0.5, 0.6) is 5.75 Å². The van der Waals surface area contributed by atoms with Crippen LogP contribution >= 0.6 is 11.6 Å². The fourth-order valence-electron chi connectivity index (χ4n) is 3.79. The standard InChI is InChI=1S/C21H18ClN3O5/c1-3-30-19(27)17-16-18(26)25(14-5-4-6-15(11-14)29-2)20(28)21(16,24-23-17)12-7-9-13(22)10-8-12/h4-11,16,24H,3H2,1-2H3. The van der Waals surface area contributed by atoms with E-state index in [9.17, 15) is 14.4 Å². The molecule has 2 atom stereocenters. The molecule has 8 nitrogen and oxygen atoms in total. The van der Waals surface area contributed by atoms with Crippen LogP contribution in [-0.2, 0) is 24.7 Å². The first-order valence-electron chi connectivity index (χ1n) is 9.24. The summed E-state index contributed by atoms with van der Waals surface area (Å²) in [5.74, 6) is -2.59. The Morgan fingerprint density at radius 3 is 2.63 bits per heavy atom. The normalized spacial score (nSPS) is 22.4. The number of rotatable bonds is 5. The Kier molecular flexibility index (Phi) is 4.95. The molecule has 2 amide bonds. The summed E-state index contributed by atoms with van der Waals surface area (Å²) in [5.41, 5.74) is 1.84. The minimum Gasteiger partial charge on any atom is -0.497 e. The van der Waals surface area contributed by atoms with Crippen molar-refractivity contribution in [2.24, 2.45) is 11.0 Å². The summed E-state index contributed by atoms with van der Waals surface area (Å²) in [6, 6.07) is 13.1. The van der Waals surface area contributed by atoms with Crippen LogP contribution in [-0.4, -0.2) is 37.2 Å². The molecule has 0 saturated carbocycles. The number of halogens is 1. The smallest absolute Gasteiger partial charge is 0.355 e. The van der Waals surface area contributed by atoms with Gasteiger partial charge in [-0.1, -0.05) is 29.8 Å². The molecule has 2 aromatic rings. The van der Waals surface area contributed by atoms with Crippen LogP contribution in [0, 0.1) is 5.92 Å². The second-order valence-electron chi connectivity index (χ2n) is 6.76. The lowest BCUT2D eigenvalue weighted by Gasteiger charge is -2.26. The van der Waals surface area contributed by atoms with Crippen LogP contribution in [0.25, 0.3) is 0 Å². The van der Waals surface area contributed by atoms with Gasteiger partial charge in [-0.25, -0.2) is 9.69 Å². The Hall–Kier alpha value is -3.39. The SMILES string of the molecule is CCOC(=O)C1=NNC2(c3ccc(Cl)cc3)C(=O)N(c3cccc(OC)c3)C(=O)C12. The first-order valence-corrected chi connectivity index (χ1v) is 9.62. The number of carbonyl (C=O) groups excluding carboxylic acids is 3. The number of nitrogens with one attached hydrogen (secondary N) is 1. The molecular weight excluding hydrogens is 410 g/mol. The van der Waals surface area contributed by atoms with Crippen molar-refractivity contribution in [2.75, 3.05) is 18.6 Å². The van der Waals surface area contributed by atoms with Crippen molar-refractivity contribution in [2.45, 2.75) is 12.5 Å². The van der Waals surface area contributed by atoms with Crippen molar-refractivity contribution in [1.82, 2.24) is 5.43 Å². The average molecular weight is 428 g/mol. The van der Waals surface area contributed by atoms with Crippen molar-refractivity contribution in [3.63, 3.8) is 0 Å². The van der Waals surface area contributed by atoms with Crippen molar-refractivity contribution >= 4 is 40.8 Å². The predicted molar refractivity (Wildman–Crippen MR) is 109 cm³/mol. The van der Waals surface area contributed by atoms with Crippen LogP contribution in [0.15, 0.2) is 53.6 Å². The van der Waals surface area contributed by atoms with E-state index in [0.717, 1.165) is 4.90 Å². The lowest BCUT2D eigenvalue weighted by atomic mass is 9.79. The molecule has 4 rings (SSSR count). The van der Waals surface area contributed by atoms with E-state index in [-0.39, 0.29) is 12.3 Å². The molecule has 1 N–H and O–H groups in total. The molecule has 0 aromatic heterocycles. The highest BCUT2D eigenvalue weighted by Gasteiger charge is 2.67. The number of amides is 2. The summed E-state index contributed by atoms with van der Waals surface area (Å²) in [6.45, 7) is 1.76. The van der Waals surface area contributed by atoms with Crippen molar-refractivity contribution < 1.29 is 23.9 Å². The van der Waals surface area contributed by atoms with Crippen molar-refractivity contribution in [1.29, 1.82) is 0 Å². The summed E-state index contributed by atoms with van der Waals surface area (Å²) >= 11 is 6.00. The van der Waals surface area contributed by atoms with Gasteiger partial charge in [-0.2, -0.15) is 5.10 Å². The number of imide groups is 1. The molecule has 2 unspecified atom stereocenters. The Bertz CT molecular complexity index is 1070. The highest BCUT2D eigenvalue weighted by atomic mass is 35.5. The molecular formula is C21H18ClN3O5. The largest absolute Gasteiger partial charge is 0.497 e. The highest BCUT2D eigenvalue weighted by molar-refractivity contribution is 6.47. The Morgan fingerprint density at radius 2 is 1.97 bits per heavy atom. The summed E-state index contributed by atoms with van der Waals surface area (Å²) in [5, 5.41) is 4.51. The van der Waals surface area contributed by atoms with Crippen molar-refractivity contribution in [3.05, 3.63) is 59.1 Å². The number of carbonyl (C=O) groups is 3. The fraction of sp³-hybridized carbons (Fsp3) is 0.238. The van der Waals surface area contributed by atoms with Crippen molar-refractivity contribution in [3.8, 4) is 5.75 Å². The third kappa shape index (κ3) is 2.83. The predicted octanol–water partition coefficient (Wildman–Crippen LogP) is 2.26. The second kappa shape index (κ2) is 7.46. The van der Waals surface area contributed by atoms with Gasteiger partial charge in [0, 0.05) is 11.1 Å². The summed E-state index contributed by atoms with van der Waals surface area (Å²) in [4.78, 5) is 40.7. The molecule has 0 radical (unpaired) electrons. The molecule has 2 aliphatic rings. The summed E-state index contributed by atoms with van der Waals surface area (Å²) < 4.78 is 10.3. The van der Waals surface area contributed by atoms with E-state index in [1.165, 1.54) is 7.11 Å². The number of nitrogens with zero attached hydrogens (tertiary/aromatic N) is 2. The Labute approximate surface area is 177 Å². The van der Waals surface area contributed by atoms with Crippen LogP contribution in [0.4, 0.5) is 5.69 Å². The van der Waals surface area contributed by atoms with Gasteiger partial charge >= 0.3 is 5.97 Å². The minimum absolute atomic E-state index is 0.111. The number of fused-ring (bicyclic) bond motifs is 1. The molecule has 2 aromatic carbocycles. The lowest BCUT2D eigenvalue weighted by molar-refractivity contribution is -0.136. The molecule has 2 heterocycles. The fourth-order valence-corrected chi connectivity index (χ4v) is 3.92. The number of ether oxygens (including phenoxy) is 2. The number of benzene rings is 2. The zero-order valence-corrected chi connectivity index (χ0v) is 17.0. The zero-order valence-electron chi connectivity index (χ0n) is 16.2.